The van der Waals surface area contributed by atoms with Gasteiger partial charge in [-0.1, -0.05) is 30.3 Å². The largest absolute Gasteiger partial charge is 0.494 e. The molecule has 1 aliphatic heterocycles. The number of benzene rings is 2. The zero-order valence-electron chi connectivity index (χ0n) is 13.8. The lowest BCUT2D eigenvalue weighted by atomic mass is 10.00. The standard InChI is InChI=1S/C19H19N3O3/c23-19-16-6-3-7-18(22(24)25)17(16)13-21(19)11-10-20-9-8-14-4-1-2-5-15(14)12-20/h1-7,13,23H,8-12H2. The summed E-state index contributed by atoms with van der Waals surface area (Å²) < 4.78 is 1.71. The van der Waals surface area contributed by atoms with Gasteiger partial charge >= 0.3 is 0 Å². The molecule has 1 aromatic heterocycles. The summed E-state index contributed by atoms with van der Waals surface area (Å²) in [5.41, 5.74) is 2.79. The smallest absolute Gasteiger partial charge is 0.278 e. The number of fused-ring (bicyclic) bond motifs is 2. The molecule has 0 amide bonds. The van der Waals surface area contributed by atoms with Crippen molar-refractivity contribution in [1.29, 1.82) is 0 Å². The van der Waals surface area contributed by atoms with Crippen molar-refractivity contribution in [2.24, 2.45) is 0 Å². The molecule has 1 N–H and O–H groups in total. The molecule has 4 rings (SSSR count). The zero-order chi connectivity index (χ0) is 17.4. The van der Waals surface area contributed by atoms with Crippen LogP contribution in [0.1, 0.15) is 11.1 Å². The van der Waals surface area contributed by atoms with Crippen LogP contribution in [-0.4, -0.2) is 32.6 Å². The Hall–Kier alpha value is -2.86. The Morgan fingerprint density at radius 3 is 2.64 bits per heavy atom. The molecule has 0 radical (unpaired) electrons. The average Bonchev–Trinajstić information content (AvgIpc) is 2.96. The van der Waals surface area contributed by atoms with E-state index >= 15 is 0 Å². The summed E-state index contributed by atoms with van der Waals surface area (Å²) >= 11 is 0. The first-order chi connectivity index (χ1) is 12.1. The second-order valence-corrected chi connectivity index (χ2v) is 6.44. The molecule has 0 bridgehead atoms. The maximum atomic E-state index is 11.2. The average molecular weight is 337 g/mol. The van der Waals surface area contributed by atoms with Crippen LogP contribution >= 0.6 is 0 Å². The zero-order valence-corrected chi connectivity index (χ0v) is 13.8. The van der Waals surface area contributed by atoms with E-state index in [-0.39, 0.29) is 11.6 Å². The lowest BCUT2D eigenvalue weighted by Crippen LogP contribution is -2.33. The summed E-state index contributed by atoms with van der Waals surface area (Å²) in [6.45, 7) is 3.27. The van der Waals surface area contributed by atoms with Gasteiger partial charge in [-0.2, -0.15) is 0 Å². The van der Waals surface area contributed by atoms with Crippen LogP contribution in [0, 0.1) is 10.1 Å². The highest BCUT2D eigenvalue weighted by Gasteiger charge is 2.19. The van der Waals surface area contributed by atoms with Crippen LogP contribution in [-0.2, 0) is 19.5 Å². The number of hydrogen-bond acceptors (Lipinski definition) is 4. The van der Waals surface area contributed by atoms with Gasteiger partial charge in [-0.3, -0.25) is 15.0 Å². The van der Waals surface area contributed by atoms with E-state index in [2.05, 4.69) is 29.2 Å². The summed E-state index contributed by atoms with van der Waals surface area (Å²) in [6, 6.07) is 13.3. The monoisotopic (exact) mass is 337 g/mol. The van der Waals surface area contributed by atoms with E-state index in [4.69, 9.17) is 0 Å². The third kappa shape index (κ3) is 2.85. The highest BCUT2D eigenvalue weighted by molar-refractivity contribution is 5.94. The number of hydrogen-bond donors (Lipinski definition) is 1. The fourth-order valence-electron chi connectivity index (χ4n) is 3.58. The number of non-ortho nitro benzene ring substituents is 1. The van der Waals surface area contributed by atoms with E-state index in [0.29, 0.717) is 17.3 Å². The second kappa shape index (κ2) is 6.22. The number of aromatic nitrogens is 1. The fourth-order valence-corrected chi connectivity index (χ4v) is 3.58. The molecule has 6 heteroatoms. The van der Waals surface area contributed by atoms with Crippen molar-refractivity contribution in [3.63, 3.8) is 0 Å². The van der Waals surface area contributed by atoms with Crippen molar-refractivity contribution < 1.29 is 10.0 Å². The van der Waals surface area contributed by atoms with Crippen LogP contribution in [0.2, 0.25) is 0 Å². The van der Waals surface area contributed by atoms with Crippen molar-refractivity contribution in [2.75, 3.05) is 13.1 Å². The molecular weight excluding hydrogens is 318 g/mol. The fraction of sp³-hybridized carbons (Fsp3) is 0.263. The molecule has 0 aliphatic carbocycles. The molecule has 0 atom stereocenters. The quantitative estimate of drug-likeness (QED) is 0.586. The Morgan fingerprint density at radius 2 is 1.84 bits per heavy atom. The van der Waals surface area contributed by atoms with Crippen LogP contribution in [0.3, 0.4) is 0 Å². The van der Waals surface area contributed by atoms with Crippen LogP contribution in [0.15, 0.2) is 48.7 Å². The van der Waals surface area contributed by atoms with E-state index in [0.717, 1.165) is 26.1 Å². The summed E-state index contributed by atoms with van der Waals surface area (Å²) in [4.78, 5) is 13.1. The molecule has 6 nitrogen and oxygen atoms in total. The number of aromatic hydroxyl groups is 1. The molecular formula is C19H19N3O3. The highest BCUT2D eigenvalue weighted by atomic mass is 16.6. The molecule has 0 spiro atoms. The Balaban J connectivity index is 1.53. The minimum Gasteiger partial charge on any atom is -0.494 e. The topological polar surface area (TPSA) is 71.5 Å². The number of nitrogens with zero attached hydrogens (tertiary/aromatic N) is 3. The first-order valence-electron chi connectivity index (χ1n) is 8.38. The Morgan fingerprint density at radius 1 is 1.04 bits per heavy atom. The predicted molar refractivity (Wildman–Crippen MR) is 95.7 cm³/mol. The van der Waals surface area contributed by atoms with Gasteiger partial charge in [0.25, 0.3) is 5.69 Å². The predicted octanol–water partition coefficient (Wildman–Crippen LogP) is 3.31. The minimum absolute atomic E-state index is 0.0263. The maximum Gasteiger partial charge on any atom is 0.278 e. The van der Waals surface area contributed by atoms with Gasteiger partial charge in [0, 0.05) is 38.4 Å². The summed E-state index contributed by atoms with van der Waals surface area (Å²) in [7, 11) is 0. The first kappa shape index (κ1) is 15.7. The first-order valence-corrected chi connectivity index (χ1v) is 8.38. The SMILES string of the molecule is O=[N+]([O-])c1cccc2c(O)n(CCN3CCc4ccccc4C3)cc12. The second-order valence-electron chi connectivity index (χ2n) is 6.44. The normalized spacial score (nSPS) is 14.6. The molecule has 2 heterocycles. The van der Waals surface area contributed by atoms with Gasteiger partial charge in [0.15, 0.2) is 5.88 Å². The summed E-state index contributed by atoms with van der Waals surface area (Å²) in [5, 5.41) is 22.6. The van der Waals surface area contributed by atoms with Gasteiger partial charge in [-0.25, -0.2) is 0 Å². The van der Waals surface area contributed by atoms with Gasteiger partial charge in [0.2, 0.25) is 0 Å². The molecule has 3 aromatic rings. The van der Waals surface area contributed by atoms with Crippen molar-refractivity contribution in [3.8, 4) is 5.88 Å². The lowest BCUT2D eigenvalue weighted by molar-refractivity contribution is -0.383. The third-order valence-electron chi connectivity index (χ3n) is 4.94. The molecule has 0 saturated heterocycles. The van der Waals surface area contributed by atoms with Crippen LogP contribution in [0.4, 0.5) is 5.69 Å². The Bertz CT molecular complexity index is 948. The Kier molecular flexibility index (Phi) is 3.89. The van der Waals surface area contributed by atoms with Crippen LogP contribution in [0.25, 0.3) is 10.8 Å². The van der Waals surface area contributed by atoms with Gasteiger partial charge in [-0.05, 0) is 23.6 Å². The molecule has 128 valence electrons. The maximum absolute atomic E-state index is 11.2. The van der Waals surface area contributed by atoms with Gasteiger partial charge < -0.3 is 9.67 Å². The number of rotatable bonds is 4. The van der Waals surface area contributed by atoms with Crippen molar-refractivity contribution in [1.82, 2.24) is 9.47 Å². The molecule has 0 fully saturated rings. The summed E-state index contributed by atoms with van der Waals surface area (Å²) in [5.74, 6) is 0.0936. The molecule has 2 aromatic carbocycles. The Labute approximate surface area is 145 Å². The van der Waals surface area contributed by atoms with Gasteiger partial charge in [0.1, 0.15) is 0 Å². The number of nitro benzene ring substituents is 1. The molecule has 25 heavy (non-hydrogen) atoms. The van der Waals surface area contributed by atoms with Crippen LogP contribution < -0.4 is 0 Å². The van der Waals surface area contributed by atoms with E-state index in [1.807, 2.05) is 0 Å². The van der Waals surface area contributed by atoms with Crippen molar-refractivity contribution >= 4 is 16.5 Å². The van der Waals surface area contributed by atoms with Crippen LogP contribution in [0.5, 0.6) is 5.88 Å². The van der Waals surface area contributed by atoms with Crippen molar-refractivity contribution in [2.45, 2.75) is 19.5 Å². The lowest BCUT2D eigenvalue weighted by Gasteiger charge is -2.28. The van der Waals surface area contributed by atoms with E-state index in [9.17, 15) is 15.2 Å². The number of nitro groups is 1. The van der Waals surface area contributed by atoms with Crippen molar-refractivity contribution in [3.05, 3.63) is 69.9 Å². The van der Waals surface area contributed by atoms with Gasteiger partial charge in [-0.15, -0.1) is 0 Å². The third-order valence-corrected chi connectivity index (χ3v) is 4.94. The molecule has 0 saturated carbocycles. The summed E-state index contributed by atoms with van der Waals surface area (Å²) in [6.07, 6.45) is 2.71. The minimum atomic E-state index is -0.409. The van der Waals surface area contributed by atoms with E-state index in [1.54, 1.807) is 22.9 Å². The van der Waals surface area contributed by atoms with E-state index in [1.165, 1.54) is 17.2 Å². The molecule has 0 unspecified atom stereocenters. The van der Waals surface area contributed by atoms with Gasteiger partial charge in [0.05, 0.1) is 15.7 Å². The van der Waals surface area contributed by atoms with E-state index < -0.39 is 4.92 Å². The molecule has 1 aliphatic rings. The highest BCUT2D eigenvalue weighted by Crippen LogP contribution is 2.33.